The first-order valence-electron chi connectivity index (χ1n) is 9.97. The standard InChI is InChI=1S/C19H32N4O3/c1-2-20-19(21-8-5-16-6-14-25-15-7-16)23-11-9-22(10-12-23)18(24)17-4-3-13-26-17/h6,17H,2-5,7-15H2,1H3,(H,20,21). The Morgan fingerprint density at radius 2 is 2.08 bits per heavy atom. The number of piperazine rings is 1. The third-order valence-corrected chi connectivity index (χ3v) is 5.18. The SMILES string of the molecule is CCNC(=NCCC1=CCOCC1)N1CCN(C(=O)C2CCCO2)CC1. The summed E-state index contributed by atoms with van der Waals surface area (Å²) in [6, 6.07) is 0. The number of hydrogen-bond acceptors (Lipinski definition) is 4. The minimum absolute atomic E-state index is 0.163. The summed E-state index contributed by atoms with van der Waals surface area (Å²) in [4.78, 5) is 21.5. The van der Waals surface area contributed by atoms with Crippen LogP contribution in [0.2, 0.25) is 0 Å². The van der Waals surface area contributed by atoms with E-state index in [1.165, 1.54) is 5.57 Å². The fourth-order valence-electron chi connectivity index (χ4n) is 3.64. The molecule has 2 saturated heterocycles. The molecule has 0 radical (unpaired) electrons. The van der Waals surface area contributed by atoms with Gasteiger partial charge in [0.2, 0.25) is 0 Å². The predicted molar refractivity (Wildman–Crippen MR) is 101 cm³/mol. The van der Waals surface area contributed by atoms with Gasteiger partial charge in [0, 0.05) is 45.9 Å². The van der Waals surface area contributed by atoms with Crippen molar-refractivity contribution in [1.29, 1.82) is 0 Å². The molecule has 1 unspecified atom stereocenters. The molecule has 0 aromatic carbocycles. The second-order valence-corrected chi connectivity index (χ2v) is 6.99. The Bertz CT molecular complexity index is 521. The zero-order valence-electron chi connectivity index (χ0n) is 15.9. The smallest absolute Gasteiger partial charge is 0.251 e. The molecule has 3 heterocycles. The van der Waals surface area contributed by atoms with Gasteiger partial charge >= 0.3 is 0 Å². The lowest BCUT2D eigenvalue weighted by atomic mass is 10.1. The summed E-state index contributed by atoms with van der Waals surface area (Å²) in [6.45, 7) is 9.15. The monoisotopic (exact) mass is 364 g/mol. The predicted octanol–water partition coefficient (Wildman–Crippen LogP) is 1.01. The first-order chi connectivity index (χ1) is 12.8. The van der Waals surface area contributed by atoms with E-state index in [0.717, 1.165) is 90.7 Å². The molecule has 3 aliphatic heterocycles. The van der Waals surface area contributed by atoms with E-state index in [0.29, 0.717) is 0 Å². The fourth-order valence-corrected chi connectivity index (χ4v) is 3.64. The van der Waals surface area contributed by atoms with Crippen LogP contribution < -0.4 is 5.32 Å². The maximum absolute atomic E-state index is 12.5. The second kappa shape index (κ2) is 9.92. The van der Waals surface area contributed by atoms with Crippen LogP contribution in [0.5, 0.6) is 0 Å². The third-order valence-electron chi connectivity index (χ3n) is 5.18. The third kappa shape index (κ3) is 5.20. The summed E-state index contributed by atoms with van der Waals surface area (Å²) < 4.78 is 10.9. The highest BCUT2D eigenvalue weighted by Crippen LogP contribution is 2.16. The van der Waals surface area contributed by atoms with Crippen molar-refractivity contribution in [2.75, 3.05) is 59.1 Å². The van der Waals surface area contributed by atoms with Crippen molar-refractivity contribution in [3.8, 4) is 0 Å². The first kappa shape index (κ1) is 19.2. The van der Waals surface area contributed by atoms with Crippen LogP contribution in [0, 0.1) is 0 Å². The van der Waals surface area contributed by atoms with Gasteiger partial charge in [0.25, 0.3) is 5.91 Å². The van der Waals surface area contributed by atoms with Crippen LogP contribution >= 0.6 is 0 Å². The van der Waals surface area contributed by atoms with Gasteiger partial charge in [-0.3, -0.25) is 9.79 Å². The first-order valence-corrected chi connectivity index (χ1v) is 9.97. The van der Waals surface area contributed by atoms with E-state index in [1.807, 2.05) is 4.90 Å². The molecule has 7 nitrogen and oxygen atoms in total. The Labute approximate surface area is 156 Å². The van der Waals surface area contributed by atoms with Crippen LogP contribution in [0.15, 0.2) is 16.6 Å². The molecule has 0 aromatic heterocycles. The quantitative estimate of drug-likeness (QED) is 0.448. The molecule has 146 valence electrons. The van der Waals surface area contributed by atoms with E-state index in [9.17, 15) is 4.79 Å². The molecule has 0 aromatic rings. The highest BCUT2D eigenvalue weighted by molar-refractivity contribution is 5.82. The van der Waals surface area contributed by atoms with Crippen molar-refractivity contribution in [3.63, 3.8) is 0 Å². The number of nitrogens with one attached hydrogen (secondary N) is 1. The number of carbonyl (C=O) groups excluding carboxylic acids is 1. The van der Waals surface area contributed by atoms with E-state index >= 15 is 0 Å². The van der Waals surface area contributed by atoms with E-state index < -0.39 is 0 Å². The van der Waals surface area contributed by atoms with Crippen LogP contribution in [-0.2, 0) is 14.3 Å². The molecular formula is C19H32N4O3. The Morgan fingerprint density at radius 1 is 1.27 bits per heavy atom. The van der Waals surface area contributed by atoms with Gasteiger partial charge in [-0.05, 0) is 32.6 Å². The largest absolute Gasteiger partial charge is 0.377 e. The second-order valence-electron chi connectivity index (χ2n) is 6.99. The lowest BCUT2D eigenvalue weighted by Crippen LogP contribution is -2.55. The lowest BCUT2D eigenvalue weighted by molar-refractivity contribution is -0.142. The summed E-state index contributed by atoms with van der Waals surface area (Å²) >= 11 is 0. The van der Waals surface area contributed by atoms with Crippen LogP contribution in [0.3, 0.4) is 0 Å². The molecule has 0 saturated carbocycles. The maximum atomic E-state index is 12.5. The molecule has 1 N–H and O–H groups in total. The highest BCUT2D eigenvalue weighted by atomic mass is 16.5. The molecule has 3 aliphatic rings. The normalized spacial score (nSPS) is 24.6. The number of nitrogens with zero attached hydrogens (tertiary/aromatic N) is 3. The molecule has 26 heavy (non-hydrogen) atoms. The van der Waals surface area contributed by atoms with Gasteiger partial charge in [0.05, 0.1) is 13.2 Å². The summed E-state index contributed by atoms with van der Waals surface area (Å²) in [5.74, 6) is 1.12. The van der Waals surface area contributed by atoms with Crippen LogP contribution in [-0.4, -0.2) is 86.9 Å². The number of rotatable bonds is 5. The number of aliphatic imine (C=N–C) groups is 1. The lowest BCUT2D eigenvalue weighted by Gasteiger charge is -2.37. The Balaban J connectivity index is 1.48. The van der Waals surface area contributed by atoms with Crippen molar-refractivity contribution >= 4 is 11.9 Å². The molecule has 0 aliphatic carbocycles. The van der Waals surface area contributed by atoms with Gasteiger partial charge in [-0.1, -0.05) is 11.6 Å². The molecule has 0 bridgehead atoms. The van der Waals surface area contributed by atoms with E-state index in [-0.39, 0.29) is 12.0 Å². The molecule has 7 heteroatoms. The van der Waals surface area contributed by atoms with Crippen LogP contribution in [0.4, 0.5) is 0 Å². The van der Waals surface area contributed by atoms with E-state index in [2.05, 4.69) is 23.2 Å². The average Bonchev–Trinajstić information content (AvgIpc) is 3.23. The van der Waals surface area contributed by atoms with Crippen molar-refractivity contribution < 1.29 is 14.3 Å². The van der Waals surface area contributed by atoms with Crippen molar-refractivity contribution in [2.45, 2.75) is 38.7 Å². The Morgan fingerprint density at radius 3 is 2.73 bits per heavy atom. The molecular weight excluding hydrogens is 332 g/mol. The van der Waals surface area contributed by atoms with Gasteiger partial charge < -0.3 is 24.6 Å². The minimum Gasteiger partial charge on any atom is -0.377 e. The molecule has 1 atom stereocenters. The van der Waals surface area contributed by atoms with Gasteiger partial charge in [0.1, 0.15) is 6.10 Å². The van der Waals surface area contributed by atoms with Crippen molar-refractivity contribution in [3.05, 3.63) is 11.6 Å². The number of hydrogen-bond donors (Lipinski definition) is 1. The summed E-state index contributed by atoms with van der Waals surface area (Å²) in [7, 11) is 0. The summed E-state index contributed by atoms with van der Waals surface area (Å²) in [6.07, 6.45) is 5.85. The van der Waals surface area contributed by atoms with Crippen LogP contribution in [0.1, 0.15) is 32.6 Å². The van der Waals surface area contributed by atoms with Gasteiger partial charge in [0.15, 0.2) is 5.96 Å². The summed E-state index contributed by atoms with van der Waals surface area (Å²) in [5, 5.41) is 3.39. The minimum atomic E-state index is -0.212. The van der Waals surface area contributed by atoms with Crippen molar-refractivity contribution in [2.24, 2.45) is 4.99 Å². The molecule has 0 spiro atoms. The van der Waals surface area contributed by atoms with E-state index in [1.54, 1.807) is 0 Å². The van der Waals surface area contributed by atoms with E-state index in [4.69, 9.17) is 14.5 Å². The molecule has 1 amide bonds. The molecule has 3 rings (SSSR count). The zero-order valence-corrected chi connectivity index (χ0v) is 15.9. The zero-order chi connectivity index (χ0) is 18.2. The van der Waals surface area contributed by atoms with Crippen molar-refractivity contribution in [1.82, 2.24) is 15.1 Å². The average molecular weight is 364 g/mol. The number of guanidine groups is 1. The Kier molecular flexibility index (Phi) is 7.32. The highest BCUT2D eigenvalue weighted by Gasteiger charge is 2.30. The number of amides is 1. The summed E-state index contributed by atoms with van der Waals surface area (Å²) in [5.41, 5.74) is 1.45. The number of ether oxygens (including phenoxy) is 2. The van der Waals surface area contributed by atoms with Crippen LogP contribution in [0.25, 0.3) is 0 Å². The van der Waals surface area contributed by atoms with Gasteiger partial charge in [-0.15, -0.1) is 0 Å². The maximum Gasteiger partial charge on any atom is 0.251 e. The molecule has 2 fully saturated rings. The topological polar surface area (TPSA) is 66.4 Å². The Hall–Kier alpha value is -1.60. The van der Waals surface area contributed by atoms with Gasteiger partial charge in [-0.25, -0.2) is 0 Å². The van der Waals surface area contributed by atoms with Gasteiger partial charge in [-0.2, -0.15) is 0 Å². The number of carbonyl (C=O) groups is 1. The fraction of sp³-hybridized carbons (Fsp3) is 0.789.